The van der Waals surface area contributed by atoms with Crippen molar-refractivity contribution in [2.45, 2.75) is 0 Å². The maximum atomic E-state index is 12.0. The van der Waals surface area contributed by atoms with E-state index in [4.69, 9.17) is 0 Å². The monoisotopic (exact) mass is 212 g/mol. The van der Waals surface area contributed by atoms with Gasteiger partial charge in [-0.2, -0.15) is 0 Å². The third kappa shape index (κ3) is 2.39. The molecule has 2 rings (SSSR count). The number of urea groups is 1. The van der Waals surface area contributed by atoms with Crippen LogP contribution in [0.3, 0.4) is 0 Å². The van der Waals surface area contributed by atoms with Gasteiger partial charge in [0.25, 0.3) is 0 Å². The number of rotatable bonds is 0. The summed E-state index contributed by atoms with van der Waals surface area (Å²) >= 11 is 0. The Morgan fingerprint density at radius 2 is 0.875 bits per heavy atom. The number of nitrogens with zero attached hydrogens (tertiary/aromatic N) is 2. The Labute approximate surface area is 94.7 Å². The van der Waals surface area contributed by atoms with Gasteiger partial charge < -0.3 is 0 Å². The van der Waals surface area contributed by atoms with Gasteiger partial charge in [-0.05, 0) is 24.3 Å². The minimum Gasteiger partial charge on any atom is -0.276 e. The number of hydrogen-bond acceptors (Lipinski definition) is 1. The predicted molar refractivity (Wildman–Crippen MR) is 63.9 cm³/mol. The Bertz CT molecular complexity index is 367. The zero-order valence-corrected chi connectivity index (χ0v) is 8.73. The summed E-state index contributed by atoms with van der Waals surface area (Å²) in [6.45, 7) is 0. The van der Waals surface area contributed by atoms with Gasteiger partial charge in [0, 0.05) is 24.8 Å². The molecule has 0 aromatic rings. The van der Waals surface area contributed by atoms with Gasteiger partial charge >= 0.3 is 6.03 Å². The van der Waals surface area contributed by atoms with E-state index in [2.05, 4.69) is 0 Å². The first-order valence-corrected chi connectivity index (χ1v) is 5.02. The van der Waals surface area contributed by atoms with Crippen molar-refractivity contribution >= 4 is 6.03 Å². The zero-order chi connectivity index (χ0) is 11.2. The van der Waals surface area contributed by atoms with Crippen LogP contribution in [0, 0.1) is 0 Å². The van der Waals surface area contributed by atoms with Crippen LogP contribution in [0.5, 0.6) is 0 Å². The molecule has 0 radical (unpaired) electrons. The van der Waals surface area contributed by atoms with Crippen molar-refractivity contribution in [1.82, 2.24) is 9.80 Å². The fourth-order valence-corrected chi connectivity index (χ4v) is 1.31. The summed E-state index contributed by atoms with van der Waals surface area (Å²) in [5, 5.41) is 0. The highest BCUT2D eigenvalue weighted by Gasteiger charge is 2.13. The van der Waals surface area contributed by atoms with Crippen molar-refractivity contribution < 1.29 is 4.79 Å². The van der Waals surface area contributed by atoms with Crippen molar-refractivity contribution in [1.29, 1.82) is 0 Å². The number of carbonyl (C=O) groups excluding carboxylic acids is 1. The maximum Gasteiger partial charge on any atom is 0.336 e. The molecule has 0 atom stereocenters. The Morgan fingerprint density at radius 3 is 1.19 bits per heavy atom. The van der Waals surface area contributed by atoms with E-state index < -0.39 is 0 Å². The predicted octanol–water partition coefficient (Wildman–Crippen LogP) is 2.90. The first-order chi connectivity index (χ1) is 7.88. The lowest BCUT2D eigenvalue weighted by Gasteiger charge is -2.19. The van der Waals surface area contributed by atoms with Gasteiger partial charge in [-0.1, -0.05) is 24.3 Å². The van der Waals surface area contributed by atoms with Crippen molar-refractivity contribution in [3.63, 3.8) is 0 Å². The average molecular weight is 212 g/mol. The summed E-state index contributed by atoms with van der Waals surface area (Å²) in [5.41, 5.74) is 0. The second-order valence-corrected chi connectivity index (χ2v) is 3.23. The van der Waals surface area contributed by atoms with Crippen molar-refractivity contribution in [2.75, 3.05) is 0 Å². The highest BCUT2D eigenvalue weighted by atomic mass is 16.2. The molecule has 16 heavy (non-hydrogen) atoms. The highest BCUT2D eigenvalue weighted by molar-refractivity contribution is 5.79. The van der Waals surface area contributed by atoms with Crippen LogP contribution in [0.2, 0.25) is 0 Å². The number of carbonyl (C=O) groups is 1. The van der Waals surface area contributed by atoms with Gasteiger partial charge in [0.2, 0.25) is 0 Å². The minimum atomic E-state index is -0.118. The summed E-state index contributed by atoms with van der Waals surface area (Å²) in [6, 6.07) is -0.118. The second kappa shape index (κ2) is 4.98. The summed E-state index contributed by atoms with van der Waals surface area (Å²) in [7, 11) is 0. The van der Waals surface area contributed by atoms with E-state index in [1.807, 2.05) is 48.6 Å². The Hall–Kier alpha value is -2.29. The third-order valence-electron chi connectivity index (χ3n) is 2.10. The number of hydrogen-bond donors (Lipinski definition) is 0. The van der Waals surface area contributed by atoms with Gasteiger partial charge in [0.1, 0.15) is 0 Å². The molecule has 0 aliphatic carbocycles. The lowest BCUT2D eigenvalue weighted by atomic mass is 10.5. The molecule has 0 spiro atoms. The molecule has 2 amide bonds. The van der Waals surface area contributed by atoms with Crippen molar-refractivity contribution in [3.8, 4) is 0 Å². The quantitative estimate of drug-likeness (QED) is 0.605. The molecule has 3 heteroatoms. The van der Waals surface area contributed by atoms with Crippen LogP contribution in [0.4, 0.5) is 4.79 Å². The van der Waals surface area contributed by atoms with Crippen molar-refractivity contribution in [2.24, 2.45) is 0 Å². The van der Waals surface area contributed by atoms with Gasteiger partial charge in [-0.25, -0.2) is 4.79 Å². The van der Waals surface area contributed by atoms with E-state index >= 15 is 0 Å². The first-order valence-electron chi connectivity index (χ1n) is 5.02. The van der Waals surface area contributed by atoms with Gasteiger partial charge in [0.15, 0.2) is 0 Å². The summed E-state index contributed by atoms with van der Waals surface area (Å²) in [5.74, 6) is 0. The van der Waals surface area contributed by atoms with Crippen LogP contribution in [-0.2, 0) is 0 Å². The molecule has 0 saturated carbocycles. The SMILES string of the molecule is O=C(N1C=CC=CC=C1)N1C=CC=CC=C1. The molecule has 0 aromatic carbocycles. The lowest BCUT2D eigenvalue weighted by Crippen LogP contribution is -2.30. The van der Waals surface area contributed by atoms with Crippen LogP contribution in [0.1, 0.15) is 0 Å². The lowest BCUT2D eigenvalue weighted by molar-refractivity contribution is 0.210. The van der Waals surface area contributed by atoms with Crippen molar-refractivity contribution in [3.05, 3.63) is 73.4 Å². The standard InChI is InChI=1S/C13H12N2O/c16-13(14-9-5-1-2-6-10-14)15-11-7-3-4-8-12-15/h1-12H. The van der Waals surface area contributed by atoms with Crippen LogP contribution in [0.15, 0.2) is 73.4 Å². The molecular weight excluding hydrogens is 200 g/mol. The molecule has 0 N–H and O–H groups in total. The van der Waals surface area contributed by atoms with Gasteiger partial charge in [0.05, 0.1) is 0 Å². The normalized spacial score (nSPS) is 17.8. The molecule has 0 unspecified atom stereocenters. The molecule has 3 nitrogen and oxygen atoms in total. The molecule has 2 aliphatic heterocycles. The summed E-state index contributed by atoms with van der Waals surface area (Å²) in [6.07, 6.45) is 21.7. The van der Waals surface area contributed by atoms with E-state index in [1.54, 1.807) is 24.8 Å². The fraction of sp³-hybridized carbons (Fsp3) is 0. The molecule has 0 saturated heterocycles. The van der Waals surface area contributed by atoms with Gasteiger partial charge in [-0.15, -0.1) is 0 Å². The second-order valence-electron chi connectivity index (χ2n) is 3.23. The van der Waals surface area contributed by atoms with E-state index in [9.17, 15) is 4.79 Å². The molecule has 0 aromatic heterocycles. The van der Waals surface area contributed by atoms with E-state index in [1.165, 1.54) is 9.80 Å². The molecule has 0 fully saturated rings. The largest absolute Gasteiger partial charge is 0.336 e. The fourth-order valence-electron chi connectivity index (χ4n) is 1.31. The van der Waals surface area contributed by atoms with E-state index in [0.29, 0.717) is 0 Å². The highest BCUT2D eigenvalue weighted by Crippen LogP contribution is 2.07. The minimum absolute atomic E-state index is 0.118. The molecular formula is C13H12N2O. The first kappa shape index (κ1) is 10.2. The van der Waals surface area contributed by atoms with E-state index in [-0.39, 0.29) is 6.03 Å². The molecule has 0 bridgehead atoms. The summed E-state index contributed by atoms with van der Waals surface area (Å²) < 4.78 is 0. The average Bonchev–Trinajstić information content (AvgIpc) is 2.73. The zero-order valence-electron chi connectivity index (χ0n) is 8.73. The van der Waals surface area contributed by atoms with Crippen LogP contribution in [0.25, 0.3) is 0 Å². The molecule has 2 heterocycles. The smallest absolute Gasteiger partial charge is 0.276 e. The summed E-state index contributed by atoms with van der Waals surface area (Å²) in [4.78, 5) is 15.1. The molecule has 2 aliphatic rings. The number of amides is 2. The molecule has 80 valence electrons. The van der Waals surface area contributed by atoms with Crippen LogP contribution >= 0.6 is 0 Å². The Kier molecular flexibility index (Phi) is 3.18. The number of allylic oxidation sites excluding steroid dienone is 8. The Morgan fingerprint density at radius 1 is 0.562 bits per heavy atom. The van der Waals surface area contributed by atoms with Crippen LogP contribution in [-0.4, -0.2) is 15.8 Å². The Balaban J connectivity index is 2.13. The third-order valence-corrected chi connectivity index (χ3v) is 2.10. The van der Waals surface area contributed by atoms with Crippen LogP contribution < -0.4 is 0 Å². The van der Waals surface area contributed by atoms with Gasteiger partial charge in [-0.3, -0.25) is 9.80 Å². The maximum absolute atomic E-state index is 12.0. The van der Waals surface area contributed by atoms with E-state index in [0.717, 1.165) is 0 Å². The topological polar surface area (TPSA) is 23.6 Å².